The van der Waals surface area contributed by atoms with E-state index in [1.807, 2.05) is 26.8 Å². The standard InChI is InChI=1S/C36H52O9/c1-5-6-7-12-33(4)44-28-18-30(42-22(2)31(28)45-33)43-24-8-14-34(21-37)26-9-13-32(3)25(23-17-29(38)41-20-23)11-16-36(32,40)27(26)10-15-35(34,39)19-24/h5-6,17,21-22,24-28,30-31,39-40H,7-16,18-20H2,1-4H3/b6-5+/t22?,24-,25-,26?,27?,28?,30+,31-,32-,33?,34+,35+,36+/m1/s1. The predicted molar refractivity (Wildman–Crippen MR) is 164 cm³/mol. The lowest BCUT2D eigenvalue weighted by atomic mass is 9.41. The van der Waals surface area contributed by atoms with Crippen LogP contribution >= 0.6 is 0 Å². The zero-order valence-electron chi connectivity index (χ0n) is 27.4. The Bertz CT molecular complexity index is 1250. The van der Waals surface area contributed by atoms with Crippen LogP contribution in [0.1, 0.15) is 105 Å². The molecule has 6 fully saturated rings. The molecule has 3 heterocycles. The number of fused-ring (bicyclic) bond motifs is 6. The lowest BCUT2D eigenvalue weighted by Gasteiger charge is -2.65. The molecule has 2 N–H and O–H groups in total. The molecule has 45 heavy (non-hydrogen) atoms. The summed E-state index contributed by atoms with van der Waals surface area (Å²) in [6.45, 7) is 8.49. The Labute approximate surface area is 267 Å². The van der Waals surface area contributed by atoms with Gasteiger partial charge in [0.05, 0.1) is 34.9 Å². The molecule has 0 aromatic rings. The van der Waals surface area contributed by atoms with Crippen LogP contribution in [0.4, 0.5) is 0 Å². The zero-order chi connectivity index (χ0) is 31.8. The third-order valence-corrected chi connectivity index (χ3v) is 13.6. The van der Waals surface area contributed by atoms with E-state index in [1.165, 1.54) is 0 Å². The highest BCUT2D eigenvalue weighted by molar-refractivity contribution is 5.85. The molecule has 9 nitrogen and oxygen atoms in total. The van der Waals surface area contributed by atoms with Crippen LogP contribution in [-0.2, 0) is 33.3 Å². The van der Waals surface area contributed by atoms with Gasteiger partial charge in [-0.15, -0.1) is 0 Å². The van der Waals surface area contributed by atoms with Gasteiger partial charge in [-0.3, -0.25) is 0 Å². The smallest absolute Gasteiger partial charge is 0.331 e. The molecule has 0 radical (unpaired) electrons. The topological polar surface area (TPSA) is 121 Å². The van der Waals surface area contributed by atoms with Gasteiger partial charge in [0.25, 0.3) is 0 Å². The maximum Gasteiger partial charge on any atom is 0.331 e. The monoisotopic (exact) mass is 628 g/mol. The Morgan fingerprint density at radius 3 is 2.58 bits per heavy atom. The van der Waals surface area contributed by atoms with Gasteiger partial charge in [0.2, 0.25) is 0 Å². The molecule has 250 valence electrons. The number of allylic oxidation sites excluding steroid dienone is 2. The van der Waals surface area contributed by atoms with Crippen LogP contribution in [-0.4, -0.2) is 76.8 Å². The summed E-state index contributed by atoms with van der Waals surface area (Å²) in [5, 5.41) is 24.8. The van der Waals surface area contributed by atoms with E-state index in [9.17, 15) is 19.8 Å². The average molecular weight is 629 g/mol. The molecular formula is C36H52O9. The first-order chi connectivity index (χ1) is 21.4. The molecule has 2 saturated heterocycles. The molecular weight excluding hydrogens is 576 g/mol. The maximum absolute atomic E-state index is 13.2. The fourth-order valence-electron chi connectivity index (χ4n) is 11.3. The second-order valence-electron chi connectivity index (χ2n) is 15.7. The molecule has 0 bridgehead atoms. The normalized spacial score (nSPS) is 52.5. The second-order valence-corrected chi connectivity index (χ2v) is 15.7. The molecule has 3 aliphatic heterocycles. The number of carbonyl (C=O) groups excluding carboxylic acids is 2. The van der Waals surface area contributed by atoms with Gasteiger partial charge in [0.15, 0.2) is 12.1 Å². The van der Waals surface area contributed by atoms with Gasteiger partial charge in [-0.25, -0.2) is 4.79 Å². The first-order valence-electron chi connectivity index (χ1n) is 17.5. The minimum atomic E-state index is -1.20. The zero-order valence-corrected chi connectivity index (χ0v) is 27.4. The van der Waals surface area contributed by atoms with E-state index < -0.39 is 34.1 Å². The summed E-state index contributed by atoms with van der Waals surface area (Å²) in [6.07, 6.45) is 13.5. The summed E-state index contributed by atoms with van der Waals surface area (Å²) in [5.74, 6) is -1.04. The molecule has 7 rings (SSSR count). The number of hydrogen-bond donors (Lipinski definition) is 2. The molecule has 5 unspecified atom stereocenters. The van der Waals surface area contributed by atoms with Gasteiger partial charge < -0.3 is 38.7 Å². The lowest BCUT2D eigenvalue weighted by Crippen LogP contribution is -2.69. The van der Waals surface area contributed by atoms with Crippen molar-refractivity contribution < 1.29 is 43.5 Å². The van der Waals surface area contributed by atoms with Crippen molar-refractivity contribution in [3.05, 3.63) is 23.8 Å². The summed E-state index contributed by atoms with van der Waals surface area (Å²) in [6, 6.07) is 0. The Kier molecular flexibility index (Phi) is 7.98. The molecule has 13 atom stereocenters. The molecule has 4 saturated carbocycles. The molecule has 0 spiro atoms. The van der Waals surface area contributed by atoms with Crippen molar-refractivity contribution in [2.24, 2.45) is 28.6 Å². The number of hydrogen-bond acceptors (Lipinski definition) is 9. The highest BCUT2D eigenvalue weighted by Gasteiger charge is 2.71. The number of aldehydes is 1. The maximum atomic E-state index is 13.2. The number of ether oxygens (including phenoxy) is 5. The van der Waals surface area contributed by atoms with Gasteiger partial charge in [-0.2, -0.15) is 0 Å². The van der Waals surface area contributed by atoms with Crippen LogP contribution in [0.2, 0.25) is 0 Å². The van der Waals surface area contributed by atoms with Crippen LogP contribution < -0.4 is 0 Å². The quantitative estimate of drug-likeness (QED) is 0.175. The van der Waals surface area contributed by atoms with Crippen LogP contribution in [0.25, 0.3) is 0 Å². The number of cyclic esters (lactones) is 1. The van der Waals surface area contributed by atoms with Gasteiger partial charge in [0.1, 0.15) is 19.0 Å². The second kappa shape index (κ2) is 11.2. The molecule has 9 heteroatoms. The minimum absolute atomic E-state index is 0.0797. The highest BCUT2D eigenvalue weighted by atomic mass is 16.8. The van der Waals surface area contributed by atoms with E-state index in [0.29, 0.717) is 51.6 Å². The van der Waals surface area contributed by atoms with Crippen LogP contribution in [0.5, 0.6) is 0 Å². The average Bonchev–Trinajstić information content (AvgIpc) is 3.65. The lowest BCUT2D eigenvalue weighted by molar-refractivity contribution is -0.278. The van der Waals surface area contributed by atoms with Crippen molar-refractivity contribution in [1.29, 1.82) is 0 Å². The Morgan fingerprint density at radius 1 is 1.04 bits per heavy atom. The molecule has 7 aliphatic rings. The largest absolute Gasteiger partial charge is 0.458 e. The Balaban J connectivity index is 1.04. The van der Waals surface area contributed by atoms with Crippen molar-refractivity contribution in [3.63, 3.8) is 0 Å². The van der Waals surface area contributed by atoms with Crippen LogP contribution in [0.15, 0.2) is 23.8 Å². The first-order valence-corrected chi connectivity index (χ1v) is 17.5. The minimum Gasteiger partial charge on any atom is -0.458 e. The van der Waals surface area contributed by atoms with Crippen molar-refractivity contribution in [2.75, 3.05) is 6.61 Å². The van der Waals surface area contributed by atoms with Crippen molar-refractivity contribution in [3.8, 4) is 0 Å². The van der Waals surface area contributed by atoms with E-state index in [-0.39, 0.29) is 48.1 Å². The summed E-state index contributed by atoms with van der Waals surface area (Å²) in [4.78, 5) is 25.1. The van der Waals surface area contributed by atoms with E-state index in [4.69, 9.17) is 23.7 Å². The highest BCUT2D eigenvalue weighted by Crippen LogP contribution is 2.70. The number of aliphatic hydroxyl groups is 2. The third-order valence-electron chi connectivity index (χ3n) is 13.6. The van der Waals surface area contributed by atoms with Crippen LogP contribution in [0.3, 0.4) is 0 Å². The number of rotatable bonds is 7. The summed E-state index contributed by atoms with van der Waals surface area (Å²) in [7, 11) is 0. The summed E-state index contributed by atoms with van der Waals surface area (Å²) >= 11 is 0. The summed E-state index contributed by atoms with van der Waals surface area (Å²) < 4.78 is 30.9. The fourth-order valence-corrected chi connectivity index (χ4v) is 11.3. The van der Waals surface area contributed by atoms with Gasteiger partial charge in [-0.1, -0.05) is 19.1 Å². The van der Waals surface area contributed by atoms with E-state index >= 15 is 0 Å². The fraction of sp³-hybridized carbons (Fsp3) is 0.833. The third kappa shape index (κ3) is 4.85. The van der Waals surface area contributed by atoms with Crippen LogP contribution in [0, 0.1) is 28.6 Å². The van der Waals surface area contributed by atoms with Crippen molar-refractivity contribution in [1.82, 2.24) is 0 Å². The van der Waals surface area contributed by atoms with E-state index in [0.717, 1.165) is 44.0 Å². The Hall–Kier alpha value is -1.62. The molecule has 0 aromatic heterocycles. The predicted octanol–water partition coefficient (Wildman–Crippen LogP) is 4.91. The number of esters is 1. The van der Waals surface area contributed by atoms with Gasteiger partial charge in [0, 0.05) is 30.8 Å². The summed E-state index contributed by atoms with van der Waals surface area (Å²) in [5.41, 5.74) is -2.47. The van der Waals surface area contributed by atoms with Crippen molar-refractivity contribution in [2.45, 2.75) is 152 Å². The molecule has 0 aromatic carbocycles. The Morgan fingerprint density at radius 2 is 1.84 bits per heavy atom. The van der Waals surface area contributed by atoms with Gasteiger partial charge >= 0.3 is 5.97 Å². The van der Waals surface area contributed by atoms with Gasteiger partial charge in [-0.05, 0) is 102 Å². The van der Waals surface area contributed by atoms with Crippen molar-refractivity contribution >= 4 is 12.3 Å². The van der Waals surface area contributed by atoms with E-state index in [1.54, 1.807) is 6.08 Å². The number of carbonyl (C=O) groups is 2. The SMILES string of the molecule is C/C=C/CCC1(C)OC2C[C@H](O[C@@H]3CC[C@]4(C=O)C5CC[C@]6(C)[C@@H](C7=CC(=O)OC7)CC[C@]6(O)C5CC[C@]4(O)C3)OC(C)[C@H]2O1. The molecule has 4 aliphatic carbocycles. The first kappa shape index (κ1) is 32.0. The van der Waals surface area contributed by atoms with E-state index in [2.05, 4.69) is 13.0 Å². The molecule has 0 amide bonds.